The summed E-state index contributed by atoms with van der Waals surface area (Å²) in [6.07, 6.45) is -0.691. The molecule has 156 valence electrons. The third-order valence-corrected chi connectivity index (χ3v) is 5.57. The van der Waals surface area contributed by atoms with Gasteiger partial charge in [0.25, 0.3) is 5.91 Å². The van der Waals surface area contributed by atoms with E-state index in [0.717, 1.165) is 5.56 Å². The lowest BCUT2D eigenvalue weighted by Crippen LogP contribution is -2.40. The lowest BCUT2D eigenvalue weighted by Gasteiger charge is -2.16. The number of nitrogens with one attached hydrogen (secondary N) is 2. The number of hydrogen-bond donors (Lipinski definition) is 2. The largest absolute Gasteiger partial charge is 0.481 e. The average Bonchev–Trinajstić information content (AvgIpc) is 3.14. The van der Waals surface area contributed by atoms with Crippen LogP contribution in [0.2, 0.25) is 0 Å². The van der Waals surface area contributed by atoms with Crippen molar-refractivity contribution in [2.24, 2.45) is 0 Å². The Bertz CT molecular complexity index is 973. The molecular formula is C20H24N2O6S. The third kappa shape index (κ3) is 5.39. The molecule has 2 N–H and O–H groups in total. The number of fused-ring (bicyclic) bond motifs is 1. The molecule has 29 heavy (non-hydrogen) atoms. The van der Waals surface area contributed by atoms with Crippen molar-refractivity contribution in [3.8, 4) is 17.2 Å². The summed E-state index contributed by atoms with van der Waals surface area (Å²) in [5, 5.41) is 2.76. The molecule has 0 aromatic heterocycles. The summed E-state index contributed by atoms with van der Waals surface area (Å²) >= 11 is 0. The van der Waals surface area contributed by atoms with Gasteiger partial charge in [0.05, 0.1) is 4.90 Å². The summed E-state index contributed by atoms with van der Waals surface area (Å²) in [7, 11) is -3.71. The summed E-state index contributed by atoms with van der Waals surface area (Å²) in [4.78, 5) is 12.0. The molecule has 8 nitrogen and oxygen atoms in total. The molecule has 0 saturated carbocycles. The van der Waals surface area contributed by atoms with Crippen LogP contribution in [0.4, 0.5) is 0 Å². The minimum Gasteiger partial charge on any atom is -0.481 e. The fraction of sp³-hybridized carbons (Fsp3) is 0.350. The molecule has 0 radical (unpaired) electrons. The van der Waals surface area contributed by atoms with E-state index in [1.54, 1.807) is 25.1 Å². The van der Waals surface area contributed by atoms with Crippen molar-refractivity contribution >= 4 is 15.9 Å². The van der Waals surface area contributed by atoms with Crippen LogP contribution in [0, 0.1) is 0 Å². The van der Waals surface area contributed by atoms with Crippen LogP contribution in [0.5, 0.6) is 17.2 Å². The van der Waals surface area contributed by atoms with Crippen molar-refractivity contribution in [2.45, 2.75) is 44.4 Å². The van der Waals surface area contributed by atoms with Crippen LogP contribution in [0.1, 0.15) is 26.3 Å². The monoisotopic (exact) mass is 420 g/mol. The molecule has 0 spiro atoms. The zero-order valence-corrected chi connectivity index (χ0v) is 17.3. The minimum absolute atomic E-state index is 0.0110. The maximum Gasteiger partial charge on any atom is 0.260 e. The second-order valence-corrected chi connectivity index (χ2v) is 8.67. The molecule has 1 atom stereocenters. The molecule has 0 fully saturated rings. The summed E-state index contributed by atoms with van der Waals surface area (Å²) in [6, 6.07) is 11.2. The molecular weight excluding hydrogens is 396 g/mol. The van der Waals surface area contributed by atoms with Gasteiger partial charge in [0.2, 0.25) is 16.8 Å². The van der Waals surface area contributed by atoms with Crippen molar-refractivity contribution in [3.05, 3.63) is 48.0 Å². The molecule has 9 heteroatoms. The molecule has 1 aliphatic heterocycles. The molecule has 0 bridgehead atoms. The molecule has 1 aliphatic rings. The summed E-state index contributed by atoms with van der Waals surface area (Å²) in [5.74, 6) is 1.41. The van der Waals surface area contributed by atoms with Crippen molar-refractivity contribution in [3.63, 3.8) is 0 Å². The number of carbonyl (C=O) groups is 1. The molecule has 2 aromatic carbocycles. The Kier molecular flexibility index (Phi) is 6.29. The number of rotatable bonds is 8. The van der Waals surface area contributed by atoms with E-state index >= 15 is 0 Å². The normalized spacial score (nSPS) is 13.9. The smallest absolute Gasteiger partial charge is 0.260 e. The van der Waals surface area contributed by atoms with E-state index in [9.17, 15) is 13.2 Å². The Morgan fingerprint density at radius 3 is 2.45 bits per heavy atom. The lowest BCUT2D eigenvalue weighted by atomic mass is 10.2. The fourth-order valence-electron chi connectivity index (χ4n) is 2.67. The lowest BCUT2D eigenvalue weighted by molar-refractivity contribution is -0.127. The first-order valence-electron chi connectivity index (χ1n) is 9.20. The number of amides is 1. The Labute approximate surface area is 170 Å². The van der Waals surface area contributed by atoms with Crippen LogP contribution in [0.3, 0.4) is 0 Å². The Hall–Kier alpha value is -2.78. The van der Waals surface area contributed by atoms with E-state index in [1.807, 2.05) is 13.8 Å². The van der Waals surface area contributed by atoms with Crippen LogP contribution in [-0.4, -0.2) is 33.3 Å². The van der Waals surface area contributed by atoms with Gasteiger partial charge in [-0.2, -0.15) is 0 Å². The number of sulfonamides is 1. The molecule has 2 aromatic rings. The molecule has 1 amide bonds. The van der Waals surface area contributed by atoms with Gasteiger partial charge in [0.1, 0.15) is 5.75 Å². The summed E-state index contributed by atoms with van der Waals surface area (Å²) < 4.78 is 43.7. The van der Waals surface area contributed by atoms with E-state index < -0.39 is 16.1 Å². The first-order chi connectivity index (χ1) is 13.7. The van der Waals surface area contributed by atoms with Gasteiger partial charge in [-0.1, -0.05) is 6.07 Å². The number of ether oxygens (including phenoxy) is 3. The molecule has 0 saturated heterocycles. The van der Waals surface area contributed by atoms with E-state index in [0.29, 0.717) is 17.2 Å². The van der Waals surface area contributed by atoms with E-state index in [2.05, 4.69) is 10.0 Å². The van der Waals surface area contributed by atoms with Gasteiger partial charge < -0.3 is 19.5 Å². The number of carbonyl (C=O) groups excluding carboxylic acids is 1. The molecule has 0 aliphatic carbocycles. The maximum absolute atomic E-state index is 12.5. The quantitative estimate of drug-likeness (QED) is 0.679. The van der Waals surface area contributed by atoms with Gasteiger partial charge in [-0.05, 0) is 62.7 Å². The third-order valence-electron chi connectivity index (χ3n) is 4.15. The van der Waals surface area contributed by atoms with Gasteiger partial charge in [-0.3, -0.25) is 4.79 Å². The zero-order valence-electron chi connectivity index (χ0n) is 16.5. The number of benzene rings is 2. The van der Waals surface area contributed by atoms with Crippen molar-refractivity contribution in [1.82, 2.24) is 10.0 Å². The fourth-order valence-corrected chi connectivity index (χ4v) is 3.69. The Morgan fingerprint density at radius 1 is 1.07 bits per heavy atom. The SMILES string of the molecule is CC(C)NC(=O)[C@H](C)Oc1ccc(S(=O)(=O)NCc2ccc3c(c2)OCO3)cc1. The molecule has 3 rings (SSSR count). The van der Waals surface area contributed by atoms with Crippen LogP contribution in [0.25, 0.3) is 0 Å². The van der Waals surface area contributed by atoms with Crippen LogP contribution in [-0.2, 0) is 21.4 Å². The van der Waals surface area contributed by atoms with Gasteiger partial charge >= 0.3 is 0 Å². The van der Waals surface area contributed by atoms with Crippen molar-refractivity contribution in [2.75, 3.05) is 6.79 Å². The first kappa shape index (κ1) is 20.9. The highest BCUT2D eigenvalue weighted by atomic mass is 32.2. The minimum atomic E-state index is -3.71. The summed E-state index contributed by atoms with van der Waals surface area (Å²) in [6.45, 7) is 5.64. The van der Waals surface area contributed by atoms with E-state index in [1.165, 1.54) is 24.3 Å². The van der Waals surface area contributed by atoms with Gasteiger partial charge in [0.15, 0.2) is 17.6 Å². The Balaban J connectivity index is 1.60. The topological polar surface area (TPSA) is 103 Å². The second-order valence-electron chi connectivity index (χ2n) is 6.91. The maximum atomic E-state index is 12.5. The van der Waals surface area contributed by atoms with Crippen molar-refractivity contribution in [1.29, 1.82) is 0 Å². The predicted molar refractivity (Wildman–Crippen MR) is 106 cm³/mol. The Morgan fingerprint density at radius 2 is 1.76 bits per heavy atom. The van der Waals surface area contributed by atoms with E-state index in [-0.39, 0.29) is 30.2 Å². The van der Waals surface area contributed by atoms with Gasteiger partial charge in [-0.25, -0.2) is 13.1 Å². The molecule has 0 unspecified atom stereocenters. The average molecular weight is 420 g/mol. The molecule has 1 heterocycles. The summed E-state index contributed by atoms with van der Waals surface area (Å²) in [5.41, 5.74) is 0.753. The predicted octanol–water partition coefficient (Wildman–Crippen LogP) is 2.19. The highest BCUT2D eigenvalue weighted by Gasteiger charge is 2.18. The van der Waals surface area contributed by atoms with Crippen LogP contribution in [0.15, 0.2) is 47.4 Å². The standard InChI is InChI=1S/C20H24N2O6S/c1-13(2)22-20(23)14(3)28-16-5-7-17(8-6-16)29(24,25)21-11-15-4-9-18-19(10-15)27-12-26-18/h4-10,13-14,21H,11-12H2,1-3H3,(H,22,23)/t14-/m0/s1. The number of hydrogen-bond acceptors (Lipinski definition) is 6. The van der Waals surface area contributed by atoms with E-state index in [4.69, 9.17) is 14.2 Å². The van der Waals surface area contributed by atoms with Crippen molar-refractivity contribution < 1.29 is 27.4 Å². The van der Waals surface area contributed by atoms with Crippen LogP contribution >= 0.6 is 0 Å². The van der Waals surface area contributed by atoms with Gasteiger partial charge in [-0.15, -0.1) is 0 Å². The zero-order chi connectivity index (χ0) is 21.0. The highest BCUT2D eigenvalue weighted by Crippen LogP contribution is 2.32. The van der Waals surface area contributed by atoms with Gasteiger partial charge in [0, 0.05) is 12.6 Å². The highest BCUT2D eigenvalue weighted by molar-refractivity contribution is 7.89. The van der Waals surface area contributed by atoms with Crippen LogP contribution < -0.4 is 24.2 Å². The second kappa shape index (κ2) is 8.71. The first-order valence-corrected chi connectivity index (χ1v) is 10.7.